The standard InChI is InChI=1S/C15H19N3O3S/c1-12-4-6-13(7-5-12)18-11-15(10-16-18)22(19,20)17-9-14-3-2-8-21-14/h4-7,10-11,14,17H,2-3,8-9H2,1H3/t14-/m1/s1. The molecular formula is C15H19N3O3S. The minimum atomic E-state index is -3.56. The zero-order valence-electron chi connectivity index (χ0n) is 12.4. The number of hydrogen-bond acceptors (Lipinski definition) is 4. The van der Waals surface area contributed by atoms with Crippen LogP contribution in [0, 0.1) is 6.92 Å². The van der Waals surface area contributed by atoms with Gasteiger partial charge in [-0.25, -0.2) is 17.8 Å². The maximum atomic E-state index is 12.3. The molecule has 0 aliphatic carbocycles. The van der Waals surface area contributed by atoms with Gasteiger partial charge >= 0.3 is 0 Å². The lowest BCUT2D eigenvalue weighted by atomic mass is 10.2. The number of sulfonamides is 1. The van der Waals surface area contributed by atoms with Crippen LogP contribution >= 0.6 is 0 Å². The van der Waals surface area contributed by atoms with Crippen molar-refractivity contribution in [2.24, 2.45) is 0 Å². The van der Waals surface area contributed by atoms with Crippen molar-refractivity contribution in [3.63, 3.8) is 0 Å². The molecular weight excluding hydrogens is 302 g/mol. The van der Waals surface area contributed by atoms with E-state index >= 15 is 0 Å². The number of aryl methyl sites for hydroxylation is 1. The summed E-state index contributed by atoms with van der Waals surface area (Å²) in [6, 6.07) is 7.72. The van der Waals surface area contributed by atoms with E-state index < -0.39 is 10.0 Å². The number of rotatable bonds is 5. The summed E-state index contributed by atoms with van der Waals surface area (Å²) in [6.45, 7) is 3.01. The van der Waals surface area contributed by atoms with Gasteiger partial charge in [-0.05, 0) is 31.9 Å². The molecule has 2 heterocycles. The number of benzene rings is 1. The first-order chi connectivity index (χ1) is 10.5. The lowest BCUT2D eigenvalue weighted by molar-refractivity contribution is 0.114. The molecule has 1 saturated heterocycles. The summed E-state index contributed by atoms with van der Waals surface area (Å²) in [5.74, 6) is 0. The van der Waals surface area contributed by atoms with E-state index in [4.69, 9.17) is 4.74 Å². The van der Waals surface area contributed by atoms with Crippen molar-refractivity contribution < 1.29 is 13.2 Å². The molecule has 1 aliphatic rings. The maximum Gasteiger partial charge on any atom is 0.243 e. The molecule has 22 heavy (non-hydrogen) atoms. The van der Waals surface area contributed by atoms with Crippen LogP contribution in [-0.4, -0.2) is 37.5 Å². The third-order valence-corrected chi connectivity index (χ3v) is 5.07. The summed E-state index contributed by atoms with van der Waals surface area (Å²) < 4.78 is 34.1. The van der Waals surface area contributed by atoms with E-state index in [0.717, 1.165) is 24.1 Å². The number of ether oxygens (including phenoxy) is 1. The van der Waals surface area contributed by atoms with Crippen LogP contribution in [0.3, 0.4) is 0 Å². The molecule has 0 unspecified atom stereocenters. The maximum absolute atomic E-state index is 12.3. The van der Waals surface area contributed by atoms with Gasteiger partial charge in [-0.2, -0.15) is 5.10 Å². The Morgan fingerprint density at radius 1 is 1.36 bits per heavy atom. The van der Waals surface area contributed by atoms with Crippen LogP contribution < -0.4 is 4.72 Å². The Morgan fingerprint density at radius 3 is 2.82 bits per heavy atom. The van der Waals surface area contributed by atoms with Crippen LogP contribution in [0.2, 0.25) is 0 Å². The Labute approximate surface area is 130 Å². The van der Waals surface area contributed by atoms with Gasteiger partial charge in [0.2, 0.25) is 10.0 Å². The number of aromatic nitrogens is 2. The molecule has 1 aromatic heterocycles. The van der Waals surface area contributed by atoms with Gasteiger partial charge in [-0.15, -0.1) is 0 Å². The van der Waals surface area contributed by atoms with Crippen molar-refractivity contribution in [2.75, 3.05) is 13.2 Å². The van der Waals surface area contributed by atoms with Crippen molar-refractivity contribution in [3.8, 4) is 5.69 Å². The van der Waals surface area contributed by atoms with E-state index in [2.05, 4.69) is 9.82 Å². The van der Waals surface area contributed by atoms with Crippen molar-refractivity contribution >= 4 is 10.0 Å². The molecule has 2 aromatic rings. The lowest BCUT2D eigenvalue weighted by Gasteiger charge is -2.10. The fourth-order valence-electron chi connectivity index (χ4n) is 2.38. The van der Waals surface area contributed by atoms with Crippen molar-refractivity contribution in [1.82, 2.24) is 14.5 Å². The Balaban J connectivity index is 1.72. The molecule has 0 radical (unpaired) electrons. The molecule has 6 nitrogen and oxygen atoms in total. The highest BCUT2D eigenvalue weighted by Crippen LogP contribution is 2.15. The molecule has 1 fully saturated rings. The van der Waals surface area contributed by atoms with Crippen LogP contribution in [0.1, 0.15) is 18.4 Å². The molecule has 0 amide bonds. The monoisotopic (exact) mass is 321 g/mol. The molecule has 0 saturated carbocycles. The van der Waals surface area contributed by atoms with Crippen LogP contribution in [-0.2, 0) is 14.8 Å². The van der Waals surface area contributed by atoms with Crippen LogP contribution in [0.5, 0.6) is 0 Å². The summed E-state index contributed by atoms with van der Waals surface area (Å²) in [7, 11) is -3.56. The largest absolute Gasteiger partial charge is 0.377 e. The third kappa shape index (κ3) is 3.37. The van der Waals surface area contributed by atoms with Gasteiger partial charge in [0.25, 0.3) is 0 Å². The van der Waals surface area contributed by atoms with Gasteiger partial charge < -0.3 is 4.74 Å². The molecule has 3 rings (SSSR count). The molecule has 0 bridgehead atoms. The highest BCUT2D eigenvalue weighted by molar-refractivity contribution is 7.89. The van der Waals surface area contributed by atoms with Crippen molar-refractivity contribution in [1.29, 1.82) is 0 Å². The second-order valence-corrected chi connectivity index (χ2v) is 7.21. The summed E-state index contributed by atoms with van der Waals surface area (Å²) in [6.07, 6.45) is 4.73. The Bertz CT molecular complexity index is 732. The first-order valence-electron chi connectivity index (χ1n) is 7.27. The molecule has 118 valence electrons. The van der Waals surface area contributed by atoms with Crippen LogP contribution in [0.15, 0.2) is 41.6 Å². The normalized spacial score (nSPS) is 18.7. The minimum absolute atomic E-state index is 0.0260. The highest BCUT2D eigenvalue weighted by atomic mass is 32.2. The number of nitrogens with one attached hydrogen (secondary N) is 1. The SMILES string of the molecule is Cc1ccc(-n2cc(S(=O)(=O)NC[C@H]3CCCO3)cn2)cc1. The van der Waals surface area contributed by atoms with E-state index in [1.807, 2.05) is 31.2 Å². The van der Waals surface area contributed by atoms with Gasteiger partial charge in [-0.3, -0.25) is 0 Å². The first-order valence-corrected chi connectivity index (χ1v) is 8.76. The number of nitrogens with zero attached hydrogens (tertiary/aromatic N) is 2. The van der Waals surface area contributed by atoms with Gasteiger partial charge in [0.05, 0.1) is 24.2 Å². The molecule has 1 aliphatic heterocycles. The molecule has 1 aromatic carbocycles. The average Bonchev–Trinajstić information content (AvgIpc) is 3.18. The highest BCUT2D eigenvalue weighted by Gasteiger charge is 2.21. The summed E-state index contributed by atoms with van der Waals surface area (Å²) in [5.41, 5.74) is 1.97. The van der Waals surface area contributed by atoms with Gasteiger partial charge in [0.1, 0.15) is 4.90 Å². The fraction of sp³-hybridized carbons (Fsp3) is 0.400. The summed E-state index contributed by atoms with van der Waals surface area (Å²) in [5, 5.41) is 4.13. The molecule has 7 heteroatoms. The first kappa shape index (κ1) is 15.2. The quantitative estimate of drug-likeness (QED) is 0.908. The van der Waals surface area contributed by atoms with E-state index in [9.17, 15) is 8.42 Å². The Hall–Kier alpha value is -1.70. The van der Waals surface area contributed by atoms with Crippen molar-refractivity contribution in [3.05, 3.63) is 42.2 Å². The topological polar surface area (TPSA) is 73.2 Å². The van der Waals surface area contributed by atoms with E-state index in [-0.39, 0.29) is 11.0 Å². The molecule has 1 N–H and O–H groups in total. The summed E-state index contributed by atoms with van der Waals surface area (Å²) in [4.78, 5) is 0.158. The van der Waals surface area contributed by atoms with Crippen molar-refractivity contribution in [2.45, 2.75) is 30.8 Å². The van der Waals surface area contributed by atoms with E-state index in [1.165, 1.54) is 12.4 Å². The second-order valence-electron chi connectivity index (χ2n) is 5.44. The fourth-order valence-corrected chi connectivity index (χ4v) is 3.37. The number of hydrogen-bond donors (Lipinski definition) is 1. The van der Waals surface area contributed by atoms with Crippen LogP contribution in [0.25, 0.3) is 5.69 Å². The Kier molecular flexibility index (Phi) is 4.28. The molecule has 1 atom stereocenters. The molecule has 0 spiro atoms. The minimum Gasteiger partial charge on any atom is -0.377 e. The smallest absolute Gasteiger partial charge is 0.243 e. The second kappa shape index (κ2) is 6.20. The Morgan fingerprint density at radius 2 is 2.14 bits per heavy atom. The average molecular weight is 321 g/mol. The van der Waals surface area contributed by atoms with Gasteiger partial charge in [-0.1, -0.05) is 17.7 Å². The van der Waals surface area contributed by atoms with E-state index in [0.29, 0.717) is 13.2 Å². The predicted molar refractivity (Wildman–Crippen MR) is 82.5 cm³/mol. The predicted octanol–water partition coefficient (Wildman–Crippen LogP) is 1.64. The lowest BCUT2D eigenvalue weighted by Crippen LogP contribution is -2.31. The zero-order valence-corrected chi connectivity index (χ0v) is 13.2. The zero-order chi connectivity index (χ0) is 15.6. The van der Waals surface area contributed by atoms with E-state index in [1.54, 1.807) is 4.68 Å². The van der Waals surface area contributed by atoms with Gasteiger partial charge in [0.15, 0.2) is 0 Å². The third-order valence-electron chi connectivity index (χ3n) is 3.69. The van der Waals surface area contributed by atoms with Crippen LogP contribution in [0.4, 0.5) is 0 Å². The van der Waals surface area contributed by atoms with Gasteiger partial charge in [0, 0.05) is 13.2 Å². The summed E-state index contributed by atoms with van der Waals surface area (Å²) >= 11 is 0.